The fraction of sp³-hybridized carbons (Fsp3) is 0.312. The van der Waals surface area contributed by atoms with Crippen LogP contribution < -0.4 is 10.5 Å². The number of rotatable bonds is 4. The summed E-state index contributed by atoms with van der Waals surface area (Å²) in [7, 11) is 0. The van der Waals surface area contributed by atoms with Gasteiger partial charge < -0.3 is 15.2 Å². The molecule has 2 N–H and O–H groups in total. The number of nitrogen functional groups attached to an aromatic ring is 1. The van der Waals surface area contributed by atoms with Crippen LogP contribution in [0, 0.1) is 11.3 Å². The van der Waals surface area contributed by atoms with Crippen LogP contribution in [0.4, 0.5) is 5.69 Å². The Hall–Kier alpha value is -2.16. The highest BCUT2D eigenvalue weighted by Gasteiger charge is 2.22. The van der Waals surface area contributed by atoms with Crippen molar-refractivity contribution >= 4 is 17.3 Å². The first-order valence-electron chi connectivity index (χ1n) is 7.11. The van der Waals surface area contributed by atoms with Gasteiger partial charge in [-0.3, -0.25) is 4.57 Å². The summed E-state index contributed by atoms with van der Waals surface area (Å²) >= 11 is 5.87. The molecule has 1 fully saturated rings. The second kappa shape index (κ2) is 6.30. The number of hydrogen-bond donors (Lipinski definition) is 1. The molecule has 114 valence electrons. The molecule has 1 aliphatic heterocycles. The molecule has 0 radical (unpaired) electrons. The maximum absolute atomic E-state index is 9.29. The predicted octanol–water partition coefficient (Wildman–Crippen LogP) is 3.57. The van der Waals surface area contributed by atoms with Gasteiger partial charge in [-0.1, -0.05) is 11.6 Å². The maximum atomic E-state index is 9.29. The quantitative estimate of drug-likeness (QED) is 0.935. The van der Waals surface area contributed by atoms with Crippen LogP contribution in [0.1, 0.15) is 18.5 Å². The summed E-state index contributed by atoms with van der Waals surface area (Å²) in [6.45, 7) is 1.32. The molecule has 0 amide bonds. The minimum absolute atomic E-state index is 0.0893. The second-order valence-corrected chi connectivity index (χ2v) is 5.64. The first-order chi connectivity index (χ1) is 10.7. The van der Waals surface area contributed by atoms with Crippen LogP contribution in [0.2, 0.25) is 5.02 Å². The summed E-state index contributed by atoms with van der Waals surface area (Å²) in [6.07, 6.45) is 2.10. The van der Waals surface area contributed by atoms with Gasteiger partial charge in [-0.15, -0.1) is 0 Å². The number of nitrogens with two attached hydrogens (primary N) is 1. The Labute approximate surface area is 133 Å². The van der Waals surface area contributed by atoms with Gasteiger partial charge in [0.1, 0.15) is 17.5 Å². The molecule has 1 aliphatic rings. The molecule has 1 saturated heterocycles. The van der Waals surface area contributed by atoms with Crippen molar-refractivity contribution in [3.63, 3.8) is 0 Å². The van der Waals surface area contributed by atoms with Crippen LogP contribution in [-0.2, 0) is 11.3 Å². The van der Waals surface area contributed by atoms with E-state index in [1.807, 2.05) is 0 Å². The van der Waals surface area contributed by atoms with Crippen LogP contribution in [-0.4, -0.2) is 17.3 Å². The van der Waals surface area contributed by atoms with Crippen molar-refractivity contribution in [1.82, 2.24) is 4.57 Å². The van der Waals surface area contributed by atoms with E-state index in [-0.39, 0.29) is 6.10 Å². The lowest BCUT2D eigenvalue weighted by molar-refractivity contribution is 0.0952. The molecule has 0 spiro atoms. The van der Waals surface area contributed by atoms with Gasteiger partial charge >= 0.3 is 0 Å². The van der Waals surface area contributed by atoms with Gasteiger partial charge in [0.25, 0.3) is 0 Å². The smallest absolute Gasteiger partial charge is 0.224 e. The molecule has 1 aromatic carbocycles. The Kier molecular flexibility index (Phi) is 4.23. The Morgan fingerprint density at radius 3 is 2.82 bits per heavy atom. The lowest BCUT2D eigenvalue weighted by atomic mass is 10.2. The Balaban J connectivity index is 1.90. The molecule has 5 nitrogen and oxygen atoms in total. The summed E-state index contributed by atoms with van der Waals surface area (Å²) in [6, 6.07) is 10.8. The first kappa shape index (κ1) is 14.8. The summed E-state index contributed by atoms with van der Waals surface area (Å²) in [5, 5.41) is 9.92. The highest BCUT2D eigenvalue weighted by Crippen LogP contribution is 2.32. The van der Waals surface area contributed by atoms with Crippen molar-refractivity contribution in [2.45, 2.75) is 25.5 Å². The van der Waals surface area contributed by atoms with Crippen LogP contribution >= 0.6 is 11.6 Å². The van der Waals surface area contributed by atoms with Crippen molar-refractivity contribution in [2.24, 2.45) is 0 Å². The molecule has 3 rings (SSSR count). The highest BCUT2D eigenvalue weighted by atomic mass is 35.5. The van der Waals surface area contributed by atoms with Crippen molar-refractivity contribution in [2.75, 3.05) is 12.3 Å². The molecule has 1 atom stereocenters. The minimum atomic E-state index is 0.0893. The van der Waals surface area contributed by atoms with E-state index in [0.29, 0.717) is 34.6 Å². The lowest BCUT2D eigenvalue weighted by Crippen LogP contribution is -2.16. The highest BCUT2D eigenvalue weighted by molar-refractivity contribution is 6.30. The molecule has 0 aliphatic carbocycles. The van der Waals surface area contributed by atoms with Crippen LogP contribution in [0.25, 0.3) is 0 Å². The van der Waals surface area contributed by atoms with E-state index in [9.17, 15) is 5.26 Å². The maximum Gasteiger partial charge on any atom is 0.224 e. The Morgan fingerprint density at radius 2 is 2.18 bits per heavy atom. The number of benzene rings is 1. The zero-order chi connectivity index (χ0) is 15.5. The van der Waals surface area contributed by atoms with E-state index in [4.69, 9.17) is 26.8 Å². The zero-order valence-electron chi connectivity index (χ0n) is 12.0. The van der Waals surface area contributed by atoms with E-state index in [1.165, 1.54) is 0 Å². The van der Waals surface area contributed by atoms with E-state index < -0.39 is 0 Å². The summed E-state index contributed by atoms with van der Waals surface area (Å²) in [4.78, 5) is 0. The SMILES string of the molecule is N#Cc1cc(N)c(Oc2ccc(Cl)cc2)n1C[C@H]1CCCO1. The molecular weight excluding hydrogens is 302 g/mol. The normalized spacial score (nSPS) is 17.4. The zero-order valence-corrected chi connectivity index (χ0v) is 12.7. The molecule has 22 heavy (non-hydrogen) atoms. The Bertz CT molecular complexity index is 697. The van der Waals surface area contributed by atoms with Crippen molar-refractivity contribution in [1.29, 1.82) is 5.26 Å². The van der Waals surface area contributed by atoms with Crippen molar-refractivity contribution < 1.29 is 9.47 Å². The van der Waals surface area contributed by atoms with Gasteiger partial charge in [0.2, 0.25) is 5.88 Å². The summed E-state index contributed by atoms with van der Waals surface area (Å²) in [5.41, 5.74) is 6.91. The lowest BCUT2D eigenvalue weighted by Gasteiger charge is -2.15. The number of aromatic nitrogens is 1. The van der Waals surface area contributed by atoms with Crippen LogP contribution in [0.3, 0.4) is 0 Å². The fourth-order valence-electron chi connectivity index (χ4n) is 2.55. The van der Waals surface area contributed by atoms with Gasteiger partial charge in [0.15, 0.2) is 0 Å². The van der Waals surface area contributed by atoms with E-state index >= 15 is 0 Å². The monoisotopic (exact) mass is 317 g/mol. The van der Waals surface area contributed by atoms with Crippen molar-refractivity contribution in [3.8, 4) is 17.7 Å². The second-order valence-electron chi connectivity index (χ2n) is 5.20. The third-order valence-corrected chi connectivity index (χ3v) is 3.88. The van der Waals surface area contributed by atoms with Gasteiger partial charge in [0.05, 0.1) is 18.3 Å². The fourth-order valence-corrected chi connectivity index (χ4v) is 2.67. The van der Waals surface area contributed by atoms with Crippen LogP contribution in [0.15, 0.2) is 30.3 Å². The molecule has 0 unspecified atom stereocenters. The number of halogens is 1. The molecule has 2 heterocycles. The average Bonchev–Trinajstić information content (AvgIpc) is 3.12. The first-order valence-corrected chi connectivity index (χ1v) is 7.49. The molecule has 0 saturated carbocycles. The third-order valence-electron chi connectivity index (χ3n) is 3.63. The van der Waals surface area contributed by atoms with Gasteiger partial charge in [-0.2, -0.15) is 5.26 Å². The van der Waals surface area contributed by atoms with Crippen LogP contribution in [0.5, 0.6) is 11.6 Å². The van der Waals surface area contributed by atoms with Gasteiger partial charge in [0, 0.05) is 17.7 Å². The standard InChI is InChI=1S/C16H16ClN3O2/c17-11-3-5-13(6-4-11)22-16-15(19)8-12(9-18)20(16)10-14-2-1-7-21-14/h3-6,8,14H,1-2,7,10,19H2/t14-/m1/s1. The average molecular weight is 318 g/mol. The van der Waals surface area contributed by atoms with E-state index in [2.05, 4.69) is 6.07 Å². The topological polar surface area (TPSA) is 73.2 Å². The molecule has 2 aromatic rings. The van der Waals surface area contributed by atoms with Gasteiger partial charge in [-0.25, -0.2) is 0 Å². The minimum Gasteiger partial charge on any atom is -0.439 e. The summed E-state index contributed by atoms with van der Waals surface area (Å²) < 4.78 is 13.3. The van der Waals surface area contributed by atoms with E-state index in [1.54, 1.807) is 34.9 Å². The largest absolute Gasteiger partial charge is 0.439 e. The van der Waals surface area contributed by atoms with Gasteiger partial charge in [-0.05, 0) is 37.1 Å². The number of nitriles is 1. The van der Waals surface area contributed by atoms with E-state index in [0.717, 1.165) is 19.4 Å². The third kappa shape index (κ3) is 3.03. The molecule has 6 heteroatoms. The van der Waals surface area contributed by atoms with Crippen molar-refractivity contribution in [3.05, 3.63) is 41.0 Å². The number of ether oxygens (including phenoxy) is 2. The molecule has 0 bridgehead atoms. The number of anilines is 1. The molecule has 1 aromatic heterocycles. The molecular formula is C16H16ClN3O2. The predicted molar refractivity (Wildman–Crippen MR) is 84.1 cm³/mol. The Morgan fingerprint density at radius 1 is 1.41 bits per heavy atom. The number of hydrogen-bond acceptors (Lipinski definition) is 4. The number of nitrogens with zero attached hydrogens (tertiary/aromatic N) is 2. The summed E-state index contributed by atoms with van der Waals surface area (Å²) in [5.74, 6) is 1.08.